The summed E-state index contributed by atoms with van der Waals surface area (Å²) in [4.78, 5) is 10.7. The lowest BCUT2D eigenvalue weighted by molar-refractivity contribution is -0.384. The van der Waals surface area contributed by atoms with E-state index in [4.69, 9.17) is 4.74 Å². The van der Waals surface area contributed by atoms with Gasteiger partial charge in [-0.2, -0.15) is 0 Å². The molecule has 0 aromatic heterocycles. The van der Waals surface area contributed by atoms with Crippen molar-refractivity contribution in [2.24, 2.45) is 5.92 Å². The van der Waals surface area contributed by atoms with E-state index in [-0.39, 0.29) is 16.7 Å². The number of nitro groups is 1. The number of halogens is 1. The Morgan fingerprint density at radius 3 is 2.68 bits per heavy atom. The molecule has 1 rings (SSSR count). The Hall–Kier alpha value is -0.890. The van der Waals surface area contributed by atoms with E-state index in [1.54, 1.807) is 12.1 Å². The lowest BCUT2D eigenvalue weighted by Gasteiger charge is -2.23. The van der Waals surface area contributed by atoms with Crippen LogP contribution in [0.5, 0.6) is 0 Å². The van der Waals surface area contributed by atoms with E-state index in [1.807, 2.05) is 13.0 Å². The smallest absolute Gasteiger partial charge is 0.293 e. The first-order valence-electron chi connectivity index (χ1n) is 6.24. The maximum atomic E-state index is 11.1. The zero-order valence-electron chi connectivity index (χ0n) is 11.4. The molecule has 1 atom stereocenters. The van der Waals surface area contributed by atoms with Crippen molar-refractivity contribution in [3.8, 4) is 0 Å². The summed E-state index contributed by atoms with van der Waals surface area (Å²) in [6.07, 6.45) is 0. The number of nitro benzene ring substituents is 1. The third-order valence-corrected chi connectivity index (χ3v) is 3.47. The van der Waals surface area contributed by atoms with Crippen molar-refractivity contribution < 1.29 is 9.66 Å². The molecule has 19 heavy (non-hydrogen) atoms. The van der Waals surface area contributed by atoms with Crippen molar-refractivity contribution in [3.63, 3.8) is 0 Å². The van der Waals surface area contributed by atoms with Gasteiger partial charge in [0.1, 0.15) is 5.69 Å². The van der Waals surface area contributed by atoms with Gasteiger partial charge < -0.3 is 10.1 Å². The fraction of sp³-hybridized carbons (Fsp3) is 0.538. The van der Waals surface area contributed by atoms with Gasteiger partial charge in [0.2, 0.25) is 0 Å². The van der Waals surface area contributed by atoms with Crippen LogP contribution < -0.4 is 5.32 Å². The van der Waals surface area contributed by atoms with Crippen LogP contribution in [0.15, 0.2) is 18.2 Å². The highest BCUT2D eigenvalue weighted by atomic mass is 127. The molecule has 0 aliphatic carbocycles. The topological polar surface area (TPSA) is 64.4 Å². The molecular formula is C13H19IN2O3. The SMILES string of the molecule is CCOCC(Nc1ccc(I)cc1[N+](=O)[O-])C(C)C. The molecule has 0 saturated carbocycles. The number of ether oxygens (including phenoxy) is 1. The first-order chi connectivity index (χ1) is 8.95. The first-order valence-corrected chi connectivity index (χ1v) is 7.31. The van der Waals surface area contributed by atoms with Crippen LogP contribution in [0.3, 0.4) is 0 Å². The molecule has 0 saturated heterocycles. The molecule has 0 heterocycles. The summed E-state index contributed by atoms with van der Waals surface area (Å²) >= 11 is 2.07. The lowest BCUT2D eigenvalue weighted by Crippen LogP contribution is -2.31. The normalized spacial score (nSPS) is 12.5. The Balaban J connectivity index is 2.92. The van der Waals surface area contributed by atoms with Crippen LogP contribution in [-0.4, -0.2) is 24.2 Å². The molecular weight excluding hydrogens is 359 g/mol. The Labute approximate surface area is 127 Å². The average Bonchev–Trinajstić information content (AvgIpc) is 2.35. The molecule has 0 fully saturated rings. The third kappa shape index (κ3) is 4.94. The predicted molar refractivity (Wildman–Crippen MR) is 84.6 cm³/mol. The molecule has 0 bridgehead atoms. The van der Waals surface area contributed by atoms with Crippen LogP contribution in [0.2, 0.25) is 0 Å². The van der Waals surface area contributed by atoms with Crippen molar-refractivity contribution in [1.82, 2.24) is 0 Å². The number of benzene rings is 1. The second kappa shape index (κ2) is 7.64. The Morgan fingerprint density at radius 2 is 2.16 bits per heavy atom. The van der Waals surface area contributed by atoms with Crippen LogP contribution in [0.1, 0.15) is 20.8 Å². The monoisotopic (exact) mass is 378 g/mol. The Kier molecular flexibility index (Phi) is 6.50. The number of nitrogens with one attached hydrogen (secondary N) is 1. The summed E-state index contributed by atoms with van der Waals surface area (Å²) in [6, 6.07) is 5.23. The summed E-state index contributed by atoms with van der Waals surface area (Å²) < 4.78 is 6.27. The first kappa shape index (κ1) is 16.2. The van der Waals surface area contributed by atoms with Gasteiger partial charge in [-0.3, -0.25) is 10.1 Å². The van der Waals surface area contributed by atoms with E-state index in [0.29, 0.717) is 24.8 Å². The minimum absolute atomic E-state index is 0.0544. The molecule has 1 N–H and O–H groups in total. The van der Waals surface area contributed by atoms with E-state index >= 15 is 0 Å². The summed E-state index contributed by atoms with van der Waals surface area (Å²) in [5.74, 6) is 0.324. The highest BCUT2D eigenvalue weighted by Gasteiger charge is 2.19. The summed E-state index contributed by atoms with van der Waals surface area (Å²) in [5.41, 5.74) is 0.651. The van der Waals surface area contributed by atoms with Gasteiger partial charge in [-0.05, 0) is 47.6 Å². The molecule has 0 spiro atoms. The molecule has 0 aliphatic heterocycles. The number of rotatable bonds is 7. The largest absolute Gasteiger partial charge is 0.380 e. The van der Waals surface area contributed by atoms with Crippen LogP contribution in [0.4, 0.5) is 11.4 Å². The van der Waals surface area contributed by atoms with Crippen LogP contribution in [0.25, 0.3) is 0 Å². The molecule has 5 nitrogen and oxygen atoms in total. The Bertz CT molecular complexity index is 438. The van der Waals surface area contributed by atoms with Crippen molar-refractivity contribution in [2.45, 2.75) is 26.8 Å². The summed E-state index contributed by atoms with van der Waals surface area (Å²) in [7, 11) is 0. The molecule has 106 valence electrons. The van der Waals surface area contributed by atoms with E-state index in [0.717, 1.165) is 3.57 Å². The van der Waals surface area contributed by atoms with E-state index in [2.05, 4.69) is 41.8 Å². The van der Waals surface area contributed by atoms with Gasteiger partial charge in [0.15, 0.2) is 0 Å². The van der Waals surface area contributed by atoms with Gasteiger partial charge in [0.25, 0.3) is 5.69 Å². The number of anilines is 1. The van der Waals surface area contributed by atoms with E-state index < -0.39 is 0 Å². The van der Waals surface area contributed by atoms with Crippen LogP contribution in [-0.2, 0) is 4.74 Å². The van der Waals surface area contributed by atoms with Gasteiger partial charge in [0, 0.05) is 16.2 Å². The zero-order valence-corrected chi connectivity index (χ0v) is 13.5. The van der Waals surface area contributed by atoms with Crippen molar-refractivity contribution >= 4 is 34.0 Å². The number of nitrogens with zero attached hydrogens (tertiary/aromatic N) is 1. The quantitative estimate of drug-likeness (QED) is 0.447. The van der Waals surface area contributed by atoms with Gasteiger partial charge in [0.05, 0.1) is 17.6 Å². The van der Waals surface area contributed by atoms with Crippen molar-refractivity contribution in [2.75, 3.05) is 18.5 Å². The molecule has 1 aromatic carbocycles. The minimum atomic E-state index is -0.359. The van der Waals surface area contributed by atoms with Gasteiger partial charge >= 0.3 is 0 Å². The fourth-order valence-electron chi connectivity index (χ4n) is 1.62. The fourth-order valence-corrected chi connectivity index (χ4v) is 2.10. The second-order valence-electron chi connectivity index (χ2n) is 4.57. The summed E-state index contributed by atoms with van der Waals surface area (Å²) in [5, 5.41) is 14.3. The van der Waals surface area contributed by atoms with Crippen LogP contribution in [0, 0.1) is 19.6 Å². The Morgan fingerprint density at radius 1 is 1.47 bits per heavy atom. The zero-order chi connectivity index (χ0) is 14.4. The number of hydrogen-bond donors (Lipinski definition) is 1. The van der Waals surface area contributed by atoms with Crippen LogP contribution >= 0.6 is 22.6 Å². The number of hydrogen-bond acceptors (Lipinski definition) is 4. The molecule has 0 radical (unpaired) electrons. The minimum Gasteiger partial charge on any atom is -0.380 e. The third-order valence-electron chi connectivity index (χ3n) is 2.80. The van der Waals surface area contributed by atoms with Crippen molar-refractivity contribution in [3.05, 3.63) is 31.9 Å². The van der Waals surface area contributed by atoms with Gasteiger partial charge in [-0.1, -0.05) is 13.8 Å². The second-order valence-corrected chi connectivity index (χ2v) is 5.82. The van der Waals surface area contributed by atoms with Crippen molar-refractivity contribution in [1.29, 1.82) is 0 Å². The van der Waals surface area contributed by atoms with E-state index in [9.17, 15) is 10.1 Å². The van der Waals surface area contributed by atoms with E-state index in [1.165, 1.54) is 0 Å². The lowest BCUT2D eigenvalue weighted by atomic mass is 10.0. The standard InChI is InChI=1S/C13H19IN2O3/c1-4-19-8-12(9(2)3)15-11-6-5-10(14)7-13(11)16(17)18/h5-7,9,12,15H,4,8H2,1-3H3. The average molecular weight is 378 g/mol. The predicted octanol–water partition coefficient (Wildman–Crippen LogP) is 3.67. The highest BCUT2D eigenvalue weighted by Crippen LogP contribution is 2.27. The van der Waals surface area contributed by atoms with Gasteiger partial charge in [-0.15, -0.1) is 0 Å². The molecule has 0 aliphatic rings. The maximum Gasteiger partial charge on any atom is 0.293 e. The molecule has 6 heteroatoms. The highest BCUT2D eigenvalue weighted by molar-refractivity contribution is 14.1. The maximum absolute atomic E-state index is 11.1. The molecule has 0 amide bonds. The van der Waals surface area contributed by atoms with Gasteiger partial charge in [-0.25, -0.2) is 0 Å². The summed E-state index contributed by atoms with van der Waals surface area (Å²) in [6.45, 7) is 7.24. The molecule has 1 aromatic rings. The molecule has 1 unspecified atom stereocenters.